The quantitative estimate of drug-likeness (QED) is 0.529. The van der Waals surface area contributed by atoms with E-state index in [9.17, 15) is 16.8 Å². The number of rotatable bonds is 6. The fraction of sp³-hybridized carbons (Fsp3) is 0. The van der Waals surface area contributed by atoms with Gasteiger partial charge < -0.3 is 0 Å². The van der Waals surface area contributed by atoms with Gasteiger partial charge in [-0.25, -0.2) is 16.8 Å². The molecule has 3 aromatic rings. The fourth-order valence-corrected chi connectivity index (χ4v) is 5.28. The average molecular weight is 453 g/mol. The number of benzene rings is 1. The maximum atomic E-state index is 12.4. The lowest BCUT2D eigenvalue weighted by atomic mass is 10.3. The number of hydrogen-bond acceptors (Lipinski definition) is 6. The summed E-state index contributed by atoms with van der Waals surface area (Å²) in [6.07, 6.45) is 2.28. The van der Waals surface area contributed by atoms with Gasteiger partial charge in [0, 0.05) is 6.20 Å². The highest BCUT2D eigenvalue weighted by molar-refractivity contribution is 7.94. The van der Waals surface area contributed by atoms with Crippen LogP contribution in [-0.2, 0) is 20.0 Å². The summed E-state index contributed by atoms with van der Waals surface area (Å²) in [6, 6.07) is 5.44. The van der Waals surface area contributed by atoms with E-state index in [0.29, 0.717) is 0 Å². The highest BCUT2D eigenvalue weighted by Gasteiger charge is 2.22. The van der Waals surface area contributed by atoms with Crippen molar-refractivity contribution in [2.75, 3.05) is 9.44 Å². The van der Waals surface area contributed by atoms with Crippen molar-refractivity contribution in [3.05, 3.63) is 52.1 Å². The number of thiophene rings is 1. The van der Waals surface area contributed by atoms with E-state index in [1.54, 1.807) is 11.4 Å². The molecule has 0 radical (unpaired) electrons. The molecule has 0 fully saturated rings. The number of anilines is 2. The third-order valence-corrected chi connectivity index (χ3v) is 7.91. The van der Waals surface area contributed by atoms with Crippen LogP contribution in [0.3, 0.4) is 0 Å². The minimum absolute atomic E-state index is 0.0515. The van der Waals surface area contributed by atoms with Gasteiger partial charge >= 0.3 is 0 Å². The average Bonchev–Trinajstić information content (AvgIpc) is 3.24. The van der Waals surface area contributed by atoms with Gasteiger partial charge in [-0.05, 0) is 23.6 Å². The van der Waals surface area contributed by atoms with Crippen molar-refractivity contribution in [3.63, 3.8) is 0 Å². The first-order valence-electron chi connectivity index (χ1n) is 6.76. The van der Waals surface area contributed by atoms with Gasteiger partial charge in [0.15, 0.2) is 0 Å². The molecule has 3 rings (SSSR count). The third kappa shape index (κ3) is 3.96. The lowest BCUT2D eigenvalue weighted by Crippen LogP contribution is -2.17. The van der Waals surface area contributed by atoms with Gasteiger partial charge in [-0.3, -0.25) is 14.5 Å². The number of halogens is 2. The molecule has 0 bridgehead atoms. The standard InChI is InChI=1S/C13H10Cl2N4O4S3/c14-9-4-11(18-25(20,21)8-6-16-17-7-8)12(5-10(9)15)19-26(22,23)13-2-1-3-24-13/h1-7,18-19H,(H,16,17). The van der Waals surface area contributed by atoms with Crippen LogP contribution < -0.4 is 9.44 Å². The van der Waals surface area contributed by atoms with E-state index in [4.69, 9.17) is 23.2 Å². The maximum absolute atomic E-state index is 12.4. The first-order valence-corrected chi connectivity index (χ1v) is 11.4. The number of nitrogens with zero attached hydrogens (tertiary/aromatic N) is 1. The number of aromatic amines is 1. The molecule has 138 valence electrons. The van der Waals surface area contributed by atoms with Crippen LogP contribution >= 0.6 is 34.5 Å². The van der Waals surface area contributed by atoms with E-state index in [0.717, 1.165) is 17.5 Å². The Bertz CT molecular complexity index is 1040. The number of H-pyrrole nitrogens is 1. The number of nitrogens with one attached hydrogen (secondary N) is 3. The van der Waals surface area contributed by atoms with Crippen LogP contribution in [0.2, 0.25) is 10.0 Å². The Balaban J connectivity index is 2.02. The highest BCUT2D eigenvalue weighted by Crippen LogP contribution is 2.35. The van der Waals surface area contributed by atoms with Gasteiger partial charge in [-0.15, -0.1) is 11.3 Å². The van der Waals surface area contributed by atoms with Crippen molar-refractivity contribution in [2.45, 2.75) is 9.10 Å². The molecule has 0 aliphatic heterocycles. The van der Waals surface area contributed by atoms with Gasteiger partial charge in [0.1, 0.15) is 9.10 Å². The van der Waals surface area contributed by atoms with Crippen LogP contribution in [0, 0.1) is 0 Å². The number of sulfonamides is 2. The predicted octanol–water partition coefficient (Wildman–Crippen LogP) is 3.38. The molecular weight excluding hydrogens is 443 g/mol. The Morgan fingerprint density at radius 3 is 2.12 bits per heavy atom. The predicted molar refractivity (Wildman–Crippen MR) is 101 cm³/mol. The van der Waals surface area contributed by atoms with Gasteiger partial charge in [0.25, 0.3) is 20.0 Å². The topological polar surface area (TPSA) is 121 Å². The lowest BCUT2D eigenvalue weighted by molar-refractivity contribution is 0.599. The van der Waals surface area contributed by atoms with Gasteiger partial charge in [-0.2, -0.15) is 5.10 Å². The molecule has 0 aliphatic rings. The minimum Gasteiger partial charge on any atom is -0.284 e. The van der Waals surface area contributed by atoms with Crippen LogP contribution in [0.4, 0.5) is 11.4 Å². The molecule has 2 heterocycles. The molecular formula is C13H10Cl2N4O4S3. The summed E-state index contributed by atoms with van der Waals surface area (Å²) in [7, 11) is -7.93. The zero-order valence-electron chi connectivity index (χ0n) is 12.6. The molecule has 8 nitrogen and oxygen atoms in total. The SMILES string of the molecule is O=S(=O)(Nc1cc(Cl)c(Cl)cc1NS(=O)(=O)c1cccs1)c1cn[nH]c1. The molecule has 26 heavy (non-hydrogen) atoms. The summed E-state index contributed by atoms with van der Waals surface area (Å²) < 4.78 is 54.3. The molecule has 0 aliphatic carbocycles. The zero-order chi connectivity index (χ0) is 18.9. The first-order chi connectivity index (χ1) is 12.2. The molecule has 13 heteroatoms. The molecule has 0 spiro atoms. The molecule has 0 atom stereocenters. The molecule has 3 N–H and O–H groups in total. The Morgan fingerprint density at radius 2 is 1.62 bits per heavy atom. The first kappa shape index (κ1) is 19.0. The van der Waals surface area contributed by atoms with E-state index in [1.165, 1.54) is 24.4 Å². The Morgan fingerprint density at radius 1 is 1.00 bits per heavy atom. The number of hydrogen-bond donors (Lipinski definition) is 3. The van der Waals surface area contributed by atoms with E-state index < -0.39 is 20.0 Å². The van der Waals surface area contributed by atoms with Crippen molar-refractivity contribution in [2.24, 2.45) is 0 Å². The summed E-state index contributed by atoms with van der Waals surface area (Å²) in [5.74, 6) is 0. The lowest BCUT2D eigenvalue weighted by Gasteiger charge is -2.14. The Hall–Kier alpha value is -1.79. The molecule has 0 unspecified atom stereocenters. The monoisotopic (exact) mass is 452 g/mol. The van der Waals surface area contributed by atoms with Gasteiger partial charge in [0.05, 0.1) is 27.6 Å². The van der Waals surface area contributed by atoms with Crippen LogP contribution in [0.1, 0.15) is 0 Å². The molecule has 0 amide bonds. The normalized spacial score (nSPS) is 12.1. The minimum atomic E-state index is -4.01. The van der Waals surface area contributed by atoms with Crippen molar-refractivity contribution >= 4 is 66.0 Å². The van der Waals surface area contributed by atoms with Gasteiger partial charge in [0.2, 0.25) is 0 Å². The van der Waals surface area contributed by atoms with Crippen LogP contribution in [-0.4, -0.2) is 27.0 Å². The van der Waals surface area contributed by atoms with Gasteiger partial charge in [-0.1, -0.05) is 29.3 Å². The molecule has 0 saturated heterocycles. The summed E-state index contributed by atoms with van der Waals surface area (Å²) in [6.45, 7) is 0. The van der Waals surface area contributed by atoms with Crippen molar-refractivity contribution in [1.82, 2.24) is 10.2 Å². The van der Waals surface area contributed by atoms with Crippen molar-refractivity contribution in [3.8, 4) is 0 Å². The second kappa shape index (κ2) is 7.08. The Kier molecular flexibility index (Phi) is 5.17. The maximum Gasteiger partial charge on any atom is 0.271 e. The second-order valence-electron chi connectivity index (χ2n) is 4.89. The van der Waals surface area contributed by atoms with E-state index in [2.05, 4.69) is 19.6 Å². The van der Waals surface area contributed by atoms with Crippen LogP contribution in [0.5, 0.6) is 0 Å². The Labute approximate surface area is 163 Å². The molecule has 0 saturated carbocycles. The smallest absolute Gasteiger partial charge is 0.271 e. The second-order valence-corrected chi connectivity index (χ2v) is 10.2. The van der Waals surface area contributed by atoms with E-state index in [1.807, 2.05) is 0 Å². The number of aromatic nitrogens is 2. The zero-order valence-corrected chi connectivity index (χ0v) is 16.6. The van der Waals surface area contributed by atoms with E-state index >= 15 is 0 Å². The molecule has 1 aromatic carbocycles. The fourth-order valence-electron chi connectivity index (χ4n) is 1.92. The summed E-state index contributed by atoms with van der Waals surface area (Å²) in [5.41, 5.74) is -0.152. The molecule has 2 aromatic heterocycles. The van der Waals surface area contributed by atoms with Crippen molar-refractivity contribution < 1.29 is 16.8 Å². The van der Waals surface area contributed by atoms with Crippen LogP contribution in [0.15, 0.2) is 51.1 Å². The largest absolute Gasteiger partial charge is 0.284 e. The summed E-state index contributed by atoms with van der Waals surface area (Å²) in [5, 5.41) is 7.67. The summed E-state index contributed by atoms with van der Waals surface area (Å²) >= 11 is 12.9. The third-order valence-electron chi connectivity index (χ3n) is 3.09. The van der Waals surface area contributed by atoms with E-state index in [-0.39, 0.29) is 30.5 Å². The summed E-state index contributed by atoms with van der Waals surface area (Å²) in [4.78, 5) is -0.129. The van der Waals surface area contributed by atoms with Crippen LogP contribution in [0.25, 0.3) is 0 Å². The highest BCUT2D eigenvalue weighted by atomic mass is 35.5. The van der Waals surface area contributed by atoms with Crippen molar-refractivity contribution in [1.29, 1.82) is 0 Å².